The molecule has 0 atom stereocenters. The first kappa shape index (κ1) is 23.9. The van der Waals surface area contributed by atoms with E-state index in [-0.39, 0.29) is 0 Å². The van der Waals surface area contributed by atoms with Crippen LogP contribution < -0.4 is 0 Å². The van der Waals surface area contributed by atoms with Gasteiger partial charge in [0.2, 0.25) is 0 Å². The Hall–Kier alpha value is -2.10. The molecule has 1 heterocycles. The minimum absolute atomic E-state index is 0.359. The molecule has 0 aliphatic carbocycles. The lowest BCUT2D eigenvalue weighted by molar-refractivity contribution is -0.141. The van der Waals surface area contributed by atoms with Gasteiger partial charge >= 0.3 is 17.7 Å². The molecule has 0 saturated heterocycles. The Bertz CT molecular complexity index is 858. The van der Waals surface area contributed by atoms with E-state index in [4.69, 9.17) is 20.0 Å². The molecule has 0 fully saturated rings. The molecule has 150 valence electrons. The van der Waals surface area contributed by atoms with Gasteiger partial charge in [-0.1, -0.05) is 41.4 Å². The van der Waals surface area contributed by atoms with Crippen LogP contribution in [-0.4, -0.2) is 24.5 Å². The molecule has 0 radical (unpaired) electrons. The maximum Gasteiger partial charge on any atom is 0.435 e. The molecule has 0 spiro atoms. The van der Waals surface area contributed by atoms with Gasteiger partial charge in [0.1, 0.15) is 0 Å². The molecular weight excluding hydrogens is 433 g/mol. The van der Waals surface area contributed by atoms with E-state index in [0.29, 0.717) is 22.0 Å². The number of nitrogens with zero attached hydrogens (tertiary/aromatic N) is 2. The maximum atomic E-state index is 13.0. The van der Waals surface area contributed by atoms with Crippen LogP contribution in [0.2, 0.25) is 5.02 Å². The highest BCUT2D eigenvalue weighted by Gasteiger charge is 2.35. The zero-order valence-corrected chi connectivity index (χ0v) is 17.2. The highest BCUT2D eigenvalue weighted by Crippen LogP contribution is 2.33. The van der Waals surface area contributed by atoms with Gasteiger partial charge in [-0.2, -0.15) is 39.3 Å². The van der Waals surface area contributed by atoms with Crippen molar-refractivity contribution in [2.45, 2.75) is 13.1 Å². The van der Waals surface area contributed by atoms with Crippen LogP contribution >= 0.6 is 24.2 Å². The number of rotatable bonds is 2. The van der Waals surface area contributed by atoms with Gasteiger partial charge < -0.3 is 0 Å². The number of aryl methyl sites for hydroxylation is 1. The quantitative estimate of drug-likeness (QED) is 0.534. The molecule has 0 aliphatic heterocycles. The molecule has 0 unspecified atom stereocenters. The van der Waals surface area contributed by atoms with Gasteiger partial charge in [0, 0.05) is 10.6 Å². The van der Waals surface area contributed by atoms with E-state index in [1.165, 1.54) is 4.68 Å². The number of aromatic nitrogens is 2. The fourth-order valence-corrected chi connectivity index (χ4v) is 2.35. The summed E-state index contributed by atoms with van der Waals surface area (Å²) in [5.41, 5.74) is 1.62. The maximum absolute atomic E-state index is 13.0. The third-order valence-electron chi connectivity index (χ3n) is 3.42. The van der Waals surface area contributed by atoms with Crippen molar-refractivity contribution in [2.24, 2.45) is 0 Å². The smallest absolute Gasteiger partial charge is 0.233 e. The van der Waals surface area contributed by atoms with Crippen LogP contribution in [0.5, 0.6) is 0 Å². The molecule has 0 bridgehead atoms. The second kappa shape index (κ2) is 11.0. The monoisotopic (exact) mass is 448 g/mol. The average molecular weight is 449 g/mol. The van der Waals surface area contributed by atoms with E-state index in [2.05, 4.69) is 17.7 Å². The number of thiol groups is 1. The van der Waals surface area contributed by atoms with Gasteiger partial charge in [0.15, 0.2) is 5.69 Å². The molecular formula is C18H16ClF3N2O2S2. The summed E-state index contributed by atoms with van der Waals surface area (Å²) in [5, 5.41) is 4.26. The summed E-state index contributed by atoms with van der Waals surface area (Å²) < 4.78 is 57.0. The zero-order chi connectivity index (χ0) is 21.3. The van der Waals surface area contributed by atoms with Crippen LogP contribution in [0.1, 0.15) is 11.3 Å². The van der Waals surface area contributed by atoms with E-state index in [0.717, 1.165) is 11.6 Å². The van der Waals surface area contributed by atoms with E-state index >= 15 is 0 Å². The lowest BCUT2D eigenvalue weighted by Crippen LogP contribution is -2.07. The van der Waals surface area contributed by atoms with Crippen LogP contribution in [0.25, 0.3) is 16.9 Å². The Labute approximate surface area is 174 Å². The van der Waals surface area contributed by atoms with Gasteiger partial charge in [-0.05, 0) is 43.5 Å². The first-order valence-corrected chi connectivity index (χ1v) is 9.57. The molecule has 0 aliphatic rings. The van der Waals surface area contributed by atoms with Crippen molar-refractivity contribution >= 4 is 35.8 Å². The number of hydrogen-bond donors (Lipinski definition) is 1. The molecule has 3 rings (SSSR count). The van der Waals surface area contributed by atoms with Crippen molar-refractivity contribution in [3.63, 3.8) is 0 Å². The lowest BCUT2D eigenvalue weighted by Gasteiger charge is -2.08. The second-order valence-electron chi connectivity index (χ2n) is 5.23. The highest BCUT2D eigenvalue weighted by atomic mass is 35.5. The molecule has 2 aromatic carbocycles. The predicted molar refractivity (Wildman–Crippen MR) is 108 cm³/mol. The normalized spacial score (nSPS) is 10.2. The summed E-state index contributed by atoms with van der Waals surface area (Å²) in [4.78, 5) is 0. The topological polar surface area (TPSA) is 52.0 Å². The zero-order valence-electron chi connectivity index (χ0n) is 14.8. The summed E-state index contributed by atoms with van der Waals surface area (Å²) in [6, 6.07) is 14.8. The Kier molecular flexibility index (Phi) is 9.44. The summed E-state index contributed by atoms with van der Waals surface area (Å²) in [6.07, 6.45) is -2.81. The lowest BCUT2D eigenvalue weighted by atomic mass is 10.1. The summed E-state index contributed by atoms with van der Waals surface area (Å²) in [5.74, 6) is 0. The van der Waals surface area contributed by atoms with E-state index in [1.807, 2.05) is 19.1 Å². The highest BCUT2D eigenvalue weighted by molar-refractivity contribution is 7.79. The number of hydrogen-bond acceptors (Lipinski definition) is 4. The van der Waals surface area contributed by atoms with Gasteiger partial charge in [0.25, 0.3) is 0 Å². The predicted octanol–water partition coefficient (Wildman–Crippen LogP) is 5.40. The number of alkyl halides is 3. The molecule has 0 saturated carbocycles. The molecule has 28 heavy (non-hydrogen) atoms. The van der Waals surface area contributed by atoms with Crippen molar-refractivity contribution in [2.75, 3.05) is 6.26 Å². The van der Waals surface area contributed by atoms with Crippen molar-refractivity contribution < 1.29 is 21.6 Å². The fraction of sp³-hybridized carbons (Fsp3) is 0.167. The fourth-order valence-electron chi connectivity index (χ4n) is 2.23. The summed E-state index contributed by atoms with van der Waals surface area (Å²) in [7, 11) is 0. The first-order chi connectivity index (χ1) is 13.3. The standard InChI is InChI=1S/C17H12ClF3N2.CH4S.O2S/c1-11-2-8-14(9-3-11)23-15(10-16(22-23)17(19,20)21)12-4-6-13(18)7-5-12;1-2;1-3-2/h2-10H,1H3;2H,1H3;. The molecule has 0 N–H and O–H groups in total. The third-order valence-corrected chi connectivity index (χ3v) is 3.67. The van der Waals surface area contributed by atoms with Gasteiger partial charge in [0.05, 0.1) is 11.4 Å². The first-order valence-electron chi connectivity index (χ1n) is 7.63. The molecule has 0 amide bonds. The van der Waals surface area contributed by atoms with E-state index < -0.39 is 23.4 Å². The number of halogens is 4. The largest absolute Gasteiger partial charge is 0.435 e. The average Bonchev–Trinajstić information content (AvgIpc) is 3.11. The van der Waals surface area contributed by atoms with Crippen molar-refractivity contribution in [3.05, 3.63) is 70.9 Å². The Morgan fingerprint density at radius 3 is 1.96 bits per heavy atom. The molecule has 4 nitrogen and oxygen atoms in total. The van der Waals surface area contributed by atoms with Gasteiger partial charge in [-0.15, -0.1) is 0 Å². The number of benzene rings is 2. The van der Waals surface area contributed by atoms with E-state index in [9.17, 15) is 13.2 Å². The third kappa shape index (κ3) is 6.50. The van der Waals surface area contributed by atoms with E-state index in [1.54, 1.807) is 42.7 Å². The molecule has 10 heteroatoms. The van der Waals surface area contributed by atoms with Crippen LogP contribution in [0.4, 0.5) is 13.2 Å². The Morgan fingerprint density at radius 1 is 1.00 bits per heavy atom. The molecule has 1 aromatic heterocycles. The SMILES string of the molecule is CS.Cc1ccc(-n2nc(C(F)(F)F)cc2-c2ccc(Cl)cc2)cc1.O=S=O. The minimum atomic E-state index is -4.50. The summed E-state index contributed by atoms with van der Waals surface area (Å²) in [6.45, 7) is 1.91. The van der Waals surface area contributed by atoms with Crippen LogP contribution in [-0.2, 0) is 17.7 Å². The second-order valence-corrected chi connectivity index (χ2v) is 5.81. The van der Waals surface area contributed by atoms with Crippen molar-refractivity contribution in [1.29, 1.82) is 0 Å². The van der Waals surface area contributed by atoms with Gasteiger partial charge in [-0.25, -0.2) is 4.68 Å². The Morgan fingerprint density at radius 2 is 1.50 bits per heavy atom. The van der Waals surface area contributed by atoms with Gasteiger partial charge in [-0.3, -0.25) is 0 Å². The van der Waals surface area contributed by atoms with Crippen LogP contribution in [0.15, 0.2) is 54.6 Å². The minimum Gasteiger partial charge on any atom is -0.233 e. The molecule has 3 aromatic rings. The Balaban J connectivity index is 0.000000717. The van der Waals surface area contributed by atoms with Crippen molar-refractivity contribution in [3.8, 4) is 16.9 Å². The summed E-state index contributed by atoms with van der Waals surface area (Å²) >= 11 is 8.63. The van der Waals surface area contributed by atoms with Crippen LogP contribution in [0.3, 0.4) is 0 Å². The van der Waals surface area contributed by atoms with Crippen molar-refractivity contribution in [1.82, 2.24) is 9.78 Å². The van der Waals surface area contributed by atoms with Crippen LogP contribution in [0, 0.1) is 6.92 Å².